The molecule has 0 aromatic heterocycles. The fraction of sp³-hybridized carbons (Fsp3) is 0.200. The van der Waals surface area contributed by atoms with Gasteiger partial charge >= 0.3 is 0 Å². The number of rotatable bonds is 5. The van der Waals surface area contributed by atoms with E-state index in [9.17, 15) is 19.6 Å². The van der Waals surface area contributed by atoms with Crippen molar-refractivity contribution in [3.05, 3.63) is 64.0 Å². The van der Waals surface area contributed by atoms with Gasteiger partial charge in [-0.2, -0.15) is 0 Å². The number of aliphatic hydroxyl groups is 1. The van der Waals surface area contributed by atoms with Gasteiger partial charge in [-0.05, 0) is 30.2 Å². The molecular formula is C15H14FNO4. The Balaban J connectivity index is 2.16. The first-order chi connectivity index (χ1) is 10.0. The number of nitro benzene ring substituents is 1. The molecule has 2 aromatic rings. The highest BCUT2D eigenvalue weighted by molar-refractivity contribution is 5.40. The van der Waals surface area contributed by atoms with Crippen LogP contribution in [0.4, 0.5) is 10.1 Å². The molecule has 0 spiro atoms. The van der Waals surface area contributed by atoms with Gasteiger partial charge in [0.2, 0.25) is 0 Å². The number of halogens is 1. The van der Waals surface area contributed by atoms with Crippen LogP contribution < -0.4 is 4.74 Å². The fourth-order valence-electron chi connectivity index (χ4n) is 1.81. The number of non-ortho nitro benzene ring substituents is 1. The zero-order valence-electron chi connectivity index (χ0n) is 11.3. The quantitative estimate of drug-likeness (QED) is 0.668. The van der Waals surface area contributed by atoms with Crippen molar-refractivity contribution < 1.29 is 19.2 Å². The highest BCUT2D eigenvalue weighted by atomic mass is 19.1. The molecule has 0 fully saturated rings. The average molecular weight is 291 g/mol. The topological polar surface area (TPSA) is 72.6 Å². The van der Waals surface area contributed by atoms with Crippen molar-refractivity contribution in [2.24, 2.45) is 0 Å². The van der Waals surface area contributed by atoms with Crippen LogP contribution in [-0.4, -0.2) is 10.0 Å². The minimum atomic E-state index is -0.804. The summed E-state index contributed by atoms with van der Waals surface area (Å²) < 4.78 is 19.0. The first kappa shape index (κ1) is 14.9. The van der Waals surface area contributed by atoms with E-state index in [2.05, 4.69) is 0 Å². The lowest BCUT2D eigenvalue weighted by Gasteiger charge is -2.10. The summed E-state index contributed by atoms with van der Waals surface area (Å²) in [5.74, 6) is -0.513. The van der Waals surface area contributed by atoms with Crippen LogP contribution in [0, 0.1) is 15.9 Å². The van der Waals surface area contributed by atoms with Crippen molar-refractivity contribution in [3.63, 3.8) is 0 Å². The van der Waals surface area contributed by atoms with E-state index in [1.54, 1.807) is 24.3 Å². The minimum absolute atomic E-state index is 0.0932. The molecule has 0 unspecified atom stereocenters. The molecule has 110 valence electrons. The predicted molar refractivity (Wildman–Crippen MR) is 74.8 cm³/mol. The van der Waals surface area contributed by atoms with Crippen LogP contribution >= 0.6 is 0 Å². The maximum atomic E-state index is 13.7. The molecule has 1 atom stereocenters. The Morgan fingerprint density at radius 3 is 2.48 bits per heavy atom. The predicted octanol–water partition coefficient (Wildman–Crippen LogP) is 3.97. The summed E-state index contributed by atoms with van der Waals surface area (Å²) in [5.41, 5.74) is 0.412. The molecule has 5 nitrogen and oxygen atoms in total. The lowest BCUT2D eigenvalue weighted by Crippen LogP contribution is -1.95. The molecular weight excluding hydrogens is 277 g/mol. The van der Waals surface area contributed by atoms with Gasteiger partial charge in [0.05, 0.1) is 17.1 Å². The van der Waals surface area contributed by atoms with Crippen LogP contribution in [-0.2, 0) is 0 Å². The summed E-state index contributed by atoms with van der Waals surface area (Å²) in [5, 5.41) is 20.2. The highest BCUT2D eigenvalue weighted by Crippen LogP contribution is 2.28. The van der Waals surface area contributed by atoms with Crippen LogP contribution in [0.5, 0.6) is 11.5 Å². The molecule has 0 saturated carbocycles. The van der Waals surface area contributed by atoms with Crippen molar-refractivity contribution in [1.82, 2.24) is 0 Å². The number of ether oxygens (including phenoxy) is 1. The van der Waals surface area contributed by atoms with E-state index in [4.69, 9.17) is 4.74 Å². The number of benzene rings is 2. The Kier molecular flexibility index (Phi) is 4.49. The Labute approximate surface area is 120 Å². The number of hydrogen-bond donors (Lipinski definition) is 1. The Bertz CT molecular complexity index is 643. The molecule has 2 rings (SSSR count). The van der Waals surface area contributed by atoms with Gasteiger partial charge in [0.25, 0.3) is 5.69 Å². The second kappa shape index (κ2) is 6.32. The van der Waals surface area contributed by atoms with Gasteiger partial charge in [-0.15, -0.1) is 0 Å². The number of hydrogen-bond acceptors (Lipinski definition) is 4. The minimum Gasteiger partial charge on any atom is -0.454 e. The van der Waals surface area contributed by atoms with E-state index in [-0.39, 0.29) is 11.4 Å². The molecule has 0 aliphatic heterocycles. The van der Waals surface area contributed by atoms with Gasteiger partial charge in [0.15, 0.2) is 11.6 Å². The zero-order chi connectivity index (χ0) is 15.4. The molecule has 0 amide bonds. The van der Waals surface area contributed by atoms with E-state index in [0.717, 1.165) is 11.6 Å². The standard InChI is InChI=1S/C15H14FNO4/c1-2-14(18)10-3-6-12(7-4-10)21-15-8-5-11(17(19)20)9-13(15)16/h3-9,14,18H,2H2,1H3/t14-/m0/s1. The lowest BCUT2D eigenvalue weighted by atomic mass is 10.1. The van der Waals surface area contributed by atoms with Gasteiger partial charge in [0.1, 0.15) is 5.75 Å². The molecule has 2 aromatic carbocycles. The zero-order valence-corrected chi connectivity index (χ0v) is 11.3. The molecule has 0 bridgehead atoms. The highest BCUT2D eigenvalue weighted by Gasteiger charge is 2.12. The second-order valence-corrected chi connectivity index (χ2v) is 4.47. The van der Waals surface area contributed by atoms with Crippen LogP contribution in [0.25, 0.3) is 0 Å². The molecule has 21 heavy (non-hydrogen) atoms. The molecule has 1 N–H and O–H groups in total. The van der Waals surface area contributed by atoms with Crippen LogP contribution in [0.2, 0.25) is 0 Å². The summed E-state index contributed by atoms with van der Waals surface area (Å²) >= 11 is 0. The van der Waals surface area contributed by atoms with Gasteiger partial charge in [-0.1, -0.05) is 19.1 Å². The fourth-order valence-corrected chi connectivity index (χ4v) is 1.81. The van der Waals surface area contributed by atoms with Crippen LogP contribution in [0.3, 0.4) is 0 Å². The second-order valence-electron chi connectivity index (χ2n) is 4.47. The molecule has 0 aliphatic rings. The Hall–Kier alpha value is -2.47. The number of aliphatic hydroxyl groups excluding tert-OH is 1. The van der Waals surface area contributed by atoms with E-state index < -0.39 is 16.8 Å². The van der Waals surface area contributed by atoms with E-state index >= 15 is 0 Å². The SMILES string of the molecule is CC[C@H](O)c1ccc(Oc2ccc([N+](=O)[O-])cc2F)cc1. The molecule has 6 heteroatoms. The smallest absolute Gasteiger partial charge is 0.272 e. The van der Waals surface area contributed by atoms with Crippen molar-refractivity contribution in [1.29, 1.82) is 0 Å². The third-order valence-electron chi connectivity index (χ3n) is 3.01. The maximum absolute atomic E-state index is 13.7. The Morgan fingerprint density at radius 1 is 1.29 bits per heavy atom. The van der Waals surface area contributed by atoms with Crippen LogP contribution in [0.15, 0.2) is 42.5 Å². The summed E-state index contributed by atoms with van der Waals surface area (Å²) in [6.45, 7) is 1.86. The third-order valence-corrected chi connectivity index (χ3v) is 3.01. The molecule has 0 radical (unpaired) electrons. The summed E-state index contributed by atoms with van der Waals surface area (Å²) in [6.07, 6.45) is 0.0483. The van der Waals surface area contributed by atoms with Gasteiger partial charge in [-0.3, -0.25) is 10.1 Å². The number of nitro groups is 1. The van der Waals surface area contributed by atoms with E-state index in [0.29, 0.717) is 12.2 Å². The van der Waals surface area contributed by atoms with E-state index in [1.165, 1.54) is 12.1 Å². The summed E-state index contributed by atoms with van der Waals surface area (Å²) in [6, 6.07) is 9.78. The summed E-state index contributed by atoms with van der Waals surface area (Å²) in [7, 11) is 0. The largest absolute Gasteiger partial charge is 0.454 e. The first-order valence-electron chi connectivity index (χ1n) is 6.41. The average Bonchev–Trinajstić information content (AvgIpc) is 2.49. The van der Waals surface area contributed by atoms with Gasteiger partial charge < -0.3 is 9.84 Å². The normalized spacial score (nSPS) is 12.0. The molecule has 0 aliphatic carbocycles. The van der Waals surface area contributed by atoms with Gasteiger partial charge in [0, 0.05) is 6.07 Å². The summed E-state index contributed by atoms with van der Waals surface area (Å²) in [4.78, 5) is 9.85. The van der Waals surface area contributed by atoms with Crippen molar-refractivity contribution in [2.45, 2.75) is 19.4 Å². The maximum Gasteiger partial charge on any atom is 0.272 e. The van der Waals surface area contributed by atoms with Gasteiger partial charge in [-0.25, -0.2) is 4.39 Å². The monoisotopic (exact) mass is 291 g/mol. The Morgan fingerprint density at radius 2 is 1.95 bits per heavy atom. The first-order valence-corrected chi connectivity index (χ1v) is 6.41. The van der Waals surface area contributed by atoms with Crippen molar-refractivity contribution in [2.75, 3.05) is 0 Å². The molecule has 0 saturated heterocycles. The van der Waals surface area contributed by atoms with Crippen molar-refractivity contribution >= 4 is 5.69 Å². The number of nitrogens with zero attached hydrogens (tertiary/aromatic N) is 1. The molecule has 0 heterocycles. The third kappa shape index (κ3) is 3.55. The van der Waals surface area contributed by atoms with Crippen LogP contribution in [0.1, 0.15) is 25.0 Å². The van der Waals surface area contributed by atoms with Crippen molar-refractivity contribution in [3.8, 4) is 11.5 Å². The lowest BCUT2D eigenvalue weighted by molar-refractivity contribution is -0.385. The van der Waals surface area contributed by atoms with E-state index in [1.807, 2.05) is 6.92 Å².